The van der Waals surface area contributed by atoms with E-state index in [1.807, 2.05) is 30.3 Å². The second kappa shape index (κ2) is 6.91. The largest absolute Gasteiger partial charge is 0.392 e. The molecular formula is C18H19NO4. The van der Waals surface area contributed by atoms with Gasteiger partial charge >= 0.3 is 0 Å². The zero-order chi connectivity index (χ0) is 16.2. The molecule has 1 heterocycles. The molecule has 23 heavy (non-hydrogen) atoms. The lowest BCUT2D eigenvalue weighted by Gasteiger charge is -2.16. The van der Waals surface area contributed by atoms with Crippen LogP contribution in [0, 0.1) is 0 Å². The van der Waals surface area contributed by atoms with Gasteiger partial charge in [0, 0.05) is 6.42 Å². The zero-order valence-electron chi connectivity index (χ0n) is 12.6. The molecule has 0 radical (unpaired) electrons. The Morgan fingerprint density at radius 3 is 2.17 bits per heavy atom. The third-order valence-electron chi connectivity index (χ3n) is 4.10. The first-order valence-corrected chi connectivity index (χ1v) is 7.52. The van der Waals surface area contributed by atoms with E-state index in [0.717, 1.165) is 16.8 Å². The van der Waals surface area contributed by atoms with Crippen molar-refractivity contribution in [3.63, 3.8) is 0 Å². The molecule has 0 saturated heterocycles. The molecule has 0 aliphatic carbocycles. The minimum atomic E-state index is -0.256. The van der Waals surface area contributed by atoms with E-state index >= 15 is 0 Å². The van der Waals surface area contributed by atoms with Gasteiger partial charge in [0.05, 0.1) is 25.5 Å². The fraction of sp³-hybridized carbons (Fsp3) is 0.278. The van der Waals surface area contributed by atoms with Crippen LogP contribution in [0.25, 0.3) is 0 Å². The van der Waals surface area contributed by atoms with E-state index in [1.54, 1.807) is 12.1 Å². The van der Waals surface area contributed by atoms with Gasteiger partial charge in [0.1, 0.15) is 0 Å². The van der Waals surface area contributed by atoms with Crippen LogP contribution in [0.5, 0.6) is 0 Å². The predicted molar refractivity (Wildman–Crippen MR) is 85.6 cm³/mol. The van der Waals surface area contributed by atoms with Crippen LogP contribution in [0.4, 0.5) is 0 Å². The highest BCUT2D eigenvalue weighted by atomic mass is 16.6. The minimum Gasteiger partial charge on any atom is -0.392 e. The SMILES string of the molecule is OCc1cc(C2CC(c3ccccc3)=NO2)cc(CO)c1CO. The second-order valence-electron chi connectivity index (χ2n) is 5.49. The minimum absolute atomic E-state index is 0.199. The summed E-state index contributed by atoms with van der Waals surface area (Å²) in [5.74, 6) is 0. The lowest BCUT2D eigenvalue weighted by Crippen LogP contribution is -2.07. The lowest BCUT2D eigenvalue weighted by molar-refractivity contribution is 0.0854. The van der Waals surface area contributed by atoms with Gasteiger partial charge in [-0.3, -0.25) is 0 Å². The summed E-state index contributed by atoms with van der Waals surface area (Å²) < 4.78 is 0. The quantitative estimate of drug-likeness (QED) is 0.789. The molecule has 120 valence electrons. The van der Waals surface area contributed by atoms with Crippen molar-refractivity contribution in [1.29, 1.82) is 0 Å². The van der Waals surface area contributed by atoms with Crippen LogP contribution in [0.1, 0.15) is 40.3 Å². The Bertz CT molecular complexity index is 687. The fourth-order valence-electron chi connectivity index (χ4n) is 2.85. The number of aliphatic hydroxyl groups is 3. The third kappa shape index (κ3) is 3.12. The molecule has 2 aromatic carbocycles. The van der Waals surface area contributed by atoms with E-state index < -0.39 is 0 Å². The van der Waals surface area contributed by atoms with Crippen molar-refractivity contribution in [3.8, 4) is 0 Å². The molecule has 1 atom stereocenters. The van der Waals surface area contributed by atoms with E-state index in [4.69, 9.17) is 4.84 Å². The Kier molecular flexibility index (Phi) is 4.71. The maximum Gasteiger partial charge on any atom is 0.158 e. The van der Waals surface area contributed by atoms with Crippen LogP contribution >= 0.6 is 0 Å². The molecule has 5 nitrogen and oxygen atoms in total. The number of hydrogen-bond donors (Lipinski definition) is 3. The number of hydrogen-bond acceptors (Lipinski definition) is 5. The maximum atomic E-state index is 9.50. The Labute approximate surface area is 134 Å². The molecule has 1 aliphatic heterocycles. The molecule has 5 heteroatoms. The topological polar surface area (TPSA) is 82.3 Å². The molecule has 0 fully saturated rings. The van der Waals surface area contributed by atoms with Gasteiger partial charge in [-0.1, -0.05) is 35.5 Å². The molecule has 0 saturated carbocycles. The van der Waals surface area contributed by atoms with Gasteiger partial charge in [0.15, 0.2) is 6.10 Å². The summed E-state index contributed by atoms with van der Waals surface area (Å²) in [6.45, 7) is -0.616. The first kappa shape index (κ1) is 15.7. The van der Waals surface area contributed by atoms with E-state index in [0.29, 0.717) is 23.1 Å². The molecule has 0 aromatic heterocycles. The maximum absolute atomic E-state index is 9.50. The molecule has 0 amide bonds. The summed E-state index contributed by atoms with van der Waals surface area (Å²) in [7, 11) is 0. The van der Waals surface area contributed by atoms with Crippen LogP contribution < -0.4 is 0 Å². The van der Waals surface area contributed by atoms with Gasteiger partial charge < -0.3 is 20.2 Å². The average molecular weight is 313 g/mol. The molecule has 3 N–H and O–H groups in total. The predicted octanol–water partition coefficient (Wildman–Crippen LogP) is 2.03. The number of aliphatic hydroxyl groups excluding tert-OH is 3. The summed E-state index contributed by atoms with van der Waals surface area (Å²) >= 11 is 0. The van der Waals surface area contributed by atoms with Crippen molar-refractivity contribution in [2.75, 3.05) is 0 Å². The highest BCUT2D eigenvalue weighted by Gasteiger charge is 2.25. The third-order valence-corrected chi connectivity index (χ3v) is 4.10. The smallest absolute Gasteiger partial charge is 0.158 e. The van der Waals surface area contributed by atoms with Crippen LogP contribution in [0.2, 0.25) is 0 Å². The van der Waals surface area contributed by atoms with Gasteiger partial charge in [0.25, 0.3) is 0 Å². The number of benzene rings is 2. The summed E-state index contributed by atoms with van der Waals surface area (Å²) in [4.78, 5) is 5.54. The van der Waals surface area contributed by atoms with Crippen molar-refractivity contribution >= 4 is 5.71 Å². The molecule has 2 aromatic rings. The molecule has 0 spiro atoms. The normalized spacial score (nSPS) is 17.0. The molecule has 1 aliphatic rings. The van der Waals surface area contributed by atoms with E-state index in [9.17, 15) is 15.3 Å². The van der Waals surface area contributed by atoms with Gasteiger partial charge in [-0.05, 0) is 39.9 Å². The number of rotatable bonds is 5. The van der Waals surface area contributed by atoms with Gasteiger partial charge in [-0.2, -0.15) is 0 Å². The first-order valence-electron chi connectivity index (χ1n) is 7.52. The molecule has 3 rings (SSSR count). The Morgan fingerprint density at radius 2 is 1.61 bits per heavy atom. The van der Waals surface area contributed by atoms with Gasteiger partial charge in [0.2, 0.25) is 0 Å². The van der Waals surface area contributed by atoms with Crippen LogP contribution in [-0.4, -0.2) is 21.0 Å². The summed E-state index contributed by atoms with van der Waals surface area (Å²) in [6, 6.07) is 13.4. The highest BCUT2D eigenvalue weighted by molar-refractivity contribution is 6.01. The van der Waals surface area contributed by atoms with Gasteiger partial charge in [-0.25, -0.2) is 0 Å². The second-order valence-corrected chi connectivity index (χ2v) is 5.49. The van der Waals surface area contributed by atoms with E-state index in [1.165, 1.54) is 0 Å². The lowest BCUT2D eigenvalue weighted by atomic mass is 9.93. The van der Waals surface area contributed by atoms with Gasteiger partial charge in [-0.15, -0.1) is 0 Å². The highest BCUT2D eigenvalue weighted by Crippen LogP contribution is 2.32. The Balaban J connectivity index is 1.87. The van der Waals surface area contributed by atoms with Crippen molar-refractivity contribution < 1.29 is 20.2 Å². The standard InChI is InChI=1S/C18H19NO4/c20-9-14-6-13(7-15(10-21)16(14)11-22)18-8-17(19-23-18)12-4-2-1-3-5-12/h1-7,18,20-22H,8-11H2. The van der Waals surface area contributed by atoms with Crippen LogP contribution in [0.15, 0.2) is 47.6 Å². The Hall–Kier alpha value is -2.21. The van der Waals surface area contributed by atoms with E-state index in [2.05, 4.69) is 5.16 Å². The Morgan fingerprint density at radius 1 is 0.957 bits per heavy atom. The molecule has 0 bridgehead atoms. The van der Waals surface area contributed by atoms with Crippen LogP contribution in [0.3, 0.4) is 0 Å². The van der Waals surface area contributed by atoms with Crippen molar-refractivity contribution in [2.24, 2.45) is 5.16 Å². The van der Waals surface area contributed by atoms with Crippen LogP contribution in [-0.2, 0) is 24.7 Å². The fourth-order valence-corrected chi connectivity index (χ4v) is 2.85. The van der Waals surface area contributed by atoms with Crippen molar-refractivity contribution in [1.82, 2.24) is 0 Å². The summed E-state index contributed by atoms with van der Waals surface area (Å²) in [6.07, 6.45) is 0.367. The van der Waals surface area contributed by atoms with Crippen molar-refractivity contribution in [2.45, 2.75) is 32.3 Å². The van der Waals surface area contributed by atoms with Crippen molar-refractivity contribution in [3.05, 3.63) is 70.3 Å². The molecule has 1 unspecified atom stereocenters. The first-order chi connectivity index (χ1) is 11.3. The monoisotopic (exact) mass is 313 g/mol. The number of oxime groups is 1. The summed E-state index contributed by atoms with van der Waals surface area (Å²) in [5, 5.41) is 32.6. The van der Waals surface area contributed by atoms with E-state index in [-0.39, 0.29) is 25.9 Å². The average Bonchev–Trinajstić information content (AvgIpc) is 3.11. The summed E-state index contributed by atoms with van der Waals surface area (Å²) in [5.41, 5.74) is 4.51. The zero-order valence-corrected chi connectivity index (χ0v) is 12.6. The molecular weight excluding hydrogens is 294 g/mol. The number of nitrogens with zero attached hydrogens (tertiary/aromatic N) is 1.